The van der Waals surface area contributed by atoms with Gasteiger partial charge in [-0.15, -0.1) is 0 Å². The van der Waals surface area contributed by atoms with E-state index in [-0.39, 0.29) is 0 Å². The lowest BCUT2D eigenvalue weighted by Crippen LogP contribution is -2.36. The molecule has 1 aromatic rings. The molecule has 2 atom stereocenters. The summed E-state index contributed by atoms with van der Waals surface area (Å²) in [5.41, 5.74) is 7.36. The Bertz CT molecular complexity index is 284. The topological polar surface area (TPSA) is 29.3 Å². The average molecular weight is 190 g/mol. The quantitative estimate of drug-likeness (QED) is 0.767. The van der Waals surface area contributed by atoms with Gasteiger partial charge in [0.25, 0.3) is 0 Å². The number of likely N-dealkylation sites (tertiary alicyclic amines) is 1. The number of benzene rings is 1. The molecule has 1 aromatic carbocycles. The molecule has 0 saturated carbocycles. The van der Waals surface area contributed by atoms with Gasteiger partial charge < -0.3 is 5.73 Å². The van der Waals surface area contributed by atoms with Crippen LogP contribution in [0.25, 0.3) is 0 Å². The second kappa shape index (κ2) is 4.11. The van der Waals surface area contributed by atoms with Gasteiger partial charge in [0.2, 0.25) is 0 Å². The molecule has 14 heavy (non-hydrogen) atoms. The molecule has 1 fully saturated rings. The van der Waals surface area contributed by atoms with Crippen LogP contribution in [0.1, 0.15) is 18.9 Å². The molecule has 0 amide bonds. The lowest BCUT2D eigenvalue weighted by molar-refractivity contribution is 0.252. The highest BCUT2D eigenvalue weighted by molar-refractivity contribution is 5.15. The van der Waals surface area contributed by atoms with Crippen molar-refractivity contribution in [1.29, 1.82) is 0 Å². The molecule has 0 bridgehead atoms. The van der Waals surface area contributed by atoms with Crippen LogP contribution in [-0.2, 0) is 6.54 Å². The van der Waals surface area contributed by atoms with Gasteiger partial charge in [0.15, 0.2) is 0 Å². The summed E-state index contributed by atoms with van der Waals surface area (Å²) in [6, 6.07) is 11.5. The van der Waals surface area contributed by atoms with Gasteiger partial charge in [-0.05, 0) is 18.9 Å². The Balaban J connectivity index is 1.99. The molecule has 0 aliphatic carbocycles. The van der Waals surface area contributed by atoms with E-state index in [0.29, 0.717) is 12.1 Å². The summed E-state index contributed by atoms with van der Waals surface area (Å²) in [5, 5.41) is 0. The van der Waals surface area contributed by atoms with E-state index in [1.807, 2.05) is 0 Å². The van der Waals surface area contributed by atoms with Crippen molar-refractivity contribution in [3.05, 3.63) is 35.9 Å². The van der Waals surface area contributed by atoms with E-state index in [1.54, 1.807) is 0 Å². The highest BCUT2D eigenvalue weighted by Crippen LogP contribution is 2.18. The fourth-order valence-electron chi connectivity index (χ4n) is 2.07. The summed E-state index contributed by atoms with van der Waals surface area (Å²) in [4.78, 5) is 2.46. The van der Waals surface area contributed by atoms with E-state index in [4.69, 9.17) is 5.73 Å². The van der Waals surface area contributed by atoms with Crippen LogP contribution in [0.5, 0.6) is 0 Å². The third-order valence-corrected chi connectivity index (χ3v) is 3.17. The first kappa shape index (κ1) is 9.69. The molecule has 2 nitrogen and oxygen atoms in total. The number of nitrogens with zero attached hydrogens (tertiary/aromatic N) is 1. The first-order chi connectivity index (χ1) is 6.77. The molecule has 1 aliphatic rings. The molecule has 2 rings (SSSR count). The molecule has 1 aliphatic heterocycles. The molecule has 2 unspecified atom stereocenters. The summed E-state index contributed by atoms with van der Waals surface area (Å²) >= 11 is 0. The zero-order valence-electron chi connectivity index (χ0n) is 8.69. The van der Waals surface area contributed by atoms with Crippen LogP contribution in [-0.4, -0.2) is 23.5 Å². The number of nitrogens with two attached hydrogens (primary N) is 1. The standard InChI is InChI=1S/C12H18N2/c1-10-12(13)7-8-14(10)9-11-5-3-2-4-6-11/h2-6,10,12H,7-9,13H2,1H3. The summed E-state index contributed by atoms with van der Waals surface area (Å²) in [7, 11) is 0. The second-order valence-corrected chi connectivity index (χ2v) is 4.15. The monoisotopic (exact) mass is 190 g/mol. The largest absolute Gasteiger partial charge is 0.326 e. The van der Waals surface area contributed by atoms with Crippen LogP contribution < -0.4 is 5.73 Å². The van der Waals surface area contributed by atoms with E-state index in [1.165, 1.54) is 5.56 Å². The molecule has 76 valence electrons. The van der Waals surface area contributed by atoms with Crippen LogP contribution in [0.15, 0.2) is 30.3 Å². The molecule has 1 saturated heterocycles. The third-order valence-electron chi connectivity index (χ3n) is 3.17. The maximum atomic E-state index is 5.98. The van der Waals surface area contributed by atoms with Gasteiger partial charge in [-0.3, -0.25) is 4.90 Å². The Morgan fingerprint density at radius 2 is 2.07 bits per heavy atom. The third kappa shape index (κ3) is 1.97. The van der Waals surface area contributed by atoms with Gasteiger partial charge in [0.1, 0.15) is 0 Å². The highest BCUT2D eigenvalue weighted by Gasteiger charge is 2.27. The Morgan fingerprint density at radius 3 is 2.64 bits per heavy atom. The van der Waals surface area contributed by atoms with Crippen molar-refractivity contribution >= 4 is 0 Å². The summed E-state index contributed by atoms with van der Waals surface area (Å²) in [6.45, 7) is 4.40. The number of hydrogen-bond donors (Lipinski definition) is 1. The molecule has 0 radical (unpaired) electrons. The normalized spacial score (nSPS) is 28.1. The Hall–Kier alpha value is -0.860. The van der Waals surface area contributed by atoms with Crippen LogP contribution in [0, 0.1) is 0 Å². The number of rotatable bonds is 2. The van der Waals surface area contributed by atoms with Crippen molar-refractivity contribution in [2.24, 2.45) is 5.73 Å². The smallest absolute Gasteiger partial charge is 0.0237 e. The van der Waals surface area contributed by atoms with E-state index in [0.717, 1.165) is 19.5 Å². The van der Waals surface area contributed by atoms with Gasteiger partial charge >= 0.3 is 0 Å². The Labute approximate surface area is 85.7 Å². The minimum Gasteiger partial charge on any atom is -0.326 e. The minimum absolute atomic E-state index is 0.360. The van der Waals surface area contributed by atoms with Gasteiger partial charge in [0.05, 0.1) is 0 Å². The molecule has 1 heterocycles. The molecule has 0 aromatic heterocycles. The number of hydrogen-bond acceptors (Lipinski definition) is 2. The van der Waals surface area contributed by atoms with Crippen LogP contribution in [0.3, 0.4) is 0 Å². The zero-order chi connectivity index (χ0) is 9.97. The predicted molar refractivity (Wildman–Crippen MR) is 58.9 cm³/mol. The first-order valence-electron chi connectivity index (χ1n) is 5.31. The Morgan fingerprint density at radius 1 is 1.36 bits per heavy atom. The second-order valence-electron chi connectivity index (χ2n) is 4.15. The summed E-state index contributed by atoms with van der Waals surface area (Å²) in [6.07, 6.45) is 1.13. The fourth-order valence-corrected chi connectivity index (χ4v) is 2.07. The van der Waals surface area contributed by atoms with E-state index in [2.05, 4.69) is 42.2 Å². The van der Waals surface area contributed by atoms with Crippen LogP contribution in [0.4, 0.5) is 0 Å². The lowest BCUT2D eigenvalue weighted by atomic mass is 10.1. The maximum Gasteiger partial charge on any atom is 0.0237 e. The van der Waals surface area contributed by atoms with E-state index >= 15 is 0 Å². The lowest BCUT2D eigenvalue weighted by Gasteiger charge is -2.22. The van der Waals surface area contributed by atoms with Crippen molar-refractivity contribution in [3.8, 4) is 0 Å². The van der Waals surface area contributed by atoms with E-state index < -0.39 is 0 Å². The molecular weight excluding hydrogens is 172 g/mol. The van der Waals surface area contributed by atoms with Gasteiger partial charge in [-0.25, -0.2) is 0 Å². The first-order valence-corrected chi connectivity index (χ1v) is 5.31. The predicted octanol–water partition coefficient (Wildman–Crippen LogP) is 1.61. The van der Waals surface area contributed by atoms with Crippen molar-refractivity contribution < 1.29 is 0 Å². The van der Waals surface area contributed by atoms with E-state index in [9.17, 15) is 0 Å². The highest BCUT2D eigenvalue weighted by atomic mass is 15.2. The minimum atomic E-state index is 0.360. The van der Waals surface area contributed by atoms with Crippen molar-refractivity contribution in [1.82, 2.24) is 4.90 Å². The Kier molecular flexibility index (Phi) is 2.85. The average Bonchev–Trinajstić information content (AvgIpc) is 2.52. The van der Waals surface area contributed by atoms with Crippen LogP contribution in [0.2, 0.25) is 0 Å². The summed E-state index contributed by atoms with van der Waals surface area (Å²) in [5.74, 6) is 0. The van der Waals surface area contributed by atoms with Gasteiger partial charge in [0, 0.05) is 25.2 Å². The molecule has 0 spiro atoms. The molecule has 2 N–H and O–H groups in total. The molecular formula is C12H18N2. The fraction of sp³-hybridized carbons (Fsp3) is 0.500. The van der Waals surface area contributed by atoms with Crippen molar-refractivity contribution in [3.63, 3.8) is 0 Å². The maximum absolute atomic E-state index is 5.98. The zero-order valence-corrected chi connectivity index (χ0v) is 8.69. The van der Waals surface area contributed by atoms with Crippen molar-refractivity contribution in [2.75, 3.05) is 6.54 Å². The van der Waals surface area contributed by atoms with Gasteiger partial charge in [-0.2, -0.15) is 0 Å². The van der Waals surface area contributed by atoms with Crippen molar-refractivity contribution in [2.45, 2.75) is 32.0 Å². The molecule has 2 heteroatoms. The van der Waals surface area contributed by atoms with Crippen LogP contribution >= 0.6 is 0 Å². The van der Waals surface area contributed by atoms with Gasteiger partial charge in [-0.1, -0.05) is 30.3 Å². The summed E-state index contributed by atoms with van der Waals surface area (Å²) < 4.78 is 0. The SMILES string of the molecule is CC1C(N)CCN1Cc1ccccc1.